The van der Waals surface area contributed by atoms with Gasteiger partial charge in [-0.3, -0.25) is 4.90 Å². The van der Waals surface area contributed by atoms with Crippen LogP contribution in [0.3, 0.4) is 0 Å². The normalized spacial score (nSPS) is 16.6. The number of halogens is 1. The van der Waals surface area contributed by atoms with Gasteiger partial charge in [-0.25, -0.2) is 14.8 Å². The van der Waals surface area contributed by atoms with Gasteiger partial charge in [0.2, 0.25) is 5.95 Å². The molecule has 0 spiro atoms. The van der Waals surface area contributed by atoms with Crippen LogP contribution < -0.4 is 10.2 Å². The molecule has 9 nitrogen and oxygen atoms in total. The maximum absolute atomic E-state index is 13.5. The van der Waals surface area contributed by atoms with Crippen molar-refractivity contribution in [2.45, 2.75) is 77.6 Å². The fourth-order valence-electron chi connectivity index (χ4n) is 4.67. The van der Waals surface area contributed by atoms with Crippen molar-refractivity contribution in [3.05, 3.63) is 64.3 Å². The lowest BCUT2D eigenvalue weighted by molar-refractivity contribution is 0.0575. The van der Waals surface area contributed by atoms with Crippen LogP contribution in [0.5, 0.6) is 0 Å². The zero-order valence-electron chi connectivity index (χ0n) is 26.8. The van der Waals surface area contributed by atoms with Crippen molar-refractivity contribution >= 4 is 43.3 Å². The number of fused-ring (bicyclic) bond motifs is 1. The largest absolute Gasteiger partial charge is 0.443 e. The molecule has 1 aliphatic rings. The molecule has 0 fully saturated rings. The third kappa shape index (κ3) is 6.89. The topological polar surface area (TPSA) is 124 Å². The first kappa shape index (κ1) is 32.9. The van der Waals surface area contributed by atoms with Crippen LogP contribution in [0.25, 0.3) is 11.3 Å². The number of carbonyl (C=O) groups excluding carboxylic acids is 1. The highest BCUT2D eigenvalue weighted by molar-refractivity contribution is 6.74. The van der Waals surface area contributed by atoms with Crippen molar-refractivity contribution in [2.75, 3.05) is 23.4 Å². The molecule has 0 radical (unpaired) electrons. The Kier molecular flexibility index (Phi) is 8.87. The van der Waals surface area contributed by atoms with E-state index >= 15 is 0 Å². The third-order valence-electron chi connectivity index (χ3n) is 8.12. The molecule has 4 rings (SSSR count). The van der Waals surface area contributed by atoms with Crippen molar-refractivity contribution in [1.29, 1.82) is 10.5 Å². The zero-order chi connectivity index (χ0) is 32.7. The van der Waals surface area contributed by atoms with E-state index in [2.05, 4.69) is 63.2 Å². The van der Waals surface area contributed by atoms with E-state index in [0.717, 1.165) is 5.56 Å². The molecule has 2 heterocycles. The molecule has 11 heteroatoms. The van der Waals surface area contributed by atoms with Gasteiger partial charge in [-0.2, -0.15) is 10.5 Å². The standard InChI is InChI=1S/C33H39ClN6O3Si/c1-31(2,3)43-30(41)40-19-33(7,20-42-44(8,9)32(4,5)6)24-16-22(15-23(18-36)28(24)40)26-12-13-37-29(38-26)39-27-14-21(17-35)10-11-25(27)34/h10-16H,19-20H2,1-9H3,(H,37,38,39). The molecule has 230 valence electrons. The summed E-state index contributed by atoms with van der Waals surface area (Å²) in [6, 6.07) is 14.8. The minimum atomic E-state index is -2.14. The number of hydrogen-bond donors (Lipinski definition) is 1. The van der Waals surface area contributed by atoms with Gasteiger partial charge in [-0.1, -0.05) is 39.3 Å². The fourth-order valence-corrected chi connectivity index (χ4v) is 5.95. The number of amides is 1. The van der Waals surface area contributed by atoms with Crippen LogP contribution in [0, 0.1) is 22.7 Å². The molecule has 1 aliphatic heterocycles. The Morgan fingerprint density at radius 3 is 2.43 bits per heavy atom. The van der Waals surface area contributed by atoms with Gasteiger partial charge in [0.25, 0.3) is 0 Å². The molecule has 0 saturated carbocycles. The van der Waals surface area contributed by atoms with Crippen LogP contribution in [0.15, 0.2) is 42.6 Å². The summed E-state index contributed by atoms with van der Waals surface area (Å²) in [5.74, 6) is 0.276. The van der Waals surface area contributed by atoms with Gasteiger partial charge in [0.05, 0.1) is 39.3 Å². The van der Waals surface area contributed by atoms with Crippen LogP contribution in [-0.4, -0.2) is 43.1 Å². The summed E-state index contributed by atoms with van der Waals surface area (Å²) in [7, 11) is -2.14. The second-order valence-electron chi connectivity index (χ2n) is 13.9. The summed E-state index contributed by atoms with van der Waals surface area (Å²) in [5.41, 5.74) is 2.54. The maximum atomic E-state index is 13.5. The maximum Gasteiger partial charge on any atom is 0.414 e. The Balaban J connectivity index is 1.80. The highest BCUT2D eigenvalue weighted by Crippen LogP contribution is 2.47. The van der Waals surface area contributed by atoms with Crippen LogP contribution in [-0.2, 0) is 14.6 Å². The Morgan fingerprint density at radius 2 is 1.82 bits per heavy atom. The zero-order valence-corrected chi connectivity index (χ0v) is 28.6. The Bertz CT molecular complexity index is 1680. The summed E-state index contributed by atoms with van der Waals surface area (Å²) in [6.45, 7) is 19.1. The van der Waals surface area contributed by atoms with Gasteiger partial charge in [0.15, 0.2) is 8.32 Å². The van der Waals surface area contributed by atoms with Crippen LogP contribution in [0.2, 0.25) is 23.2 Å². The molecular weight excluding hydrogens is 592 g/mol. The minimum Gasteiger partial charge on any atom is -0.443 e. The van der Waals surface area contributed by atoms with Crippen molar-refractivity contribution in [3.8, 4) is 23.4 Å². The lowest BCUT2D eigenvalue weighted by Gasteiger charge is -2.39. The van der Waals surface area contributed by atoms with Gasteiger partial charge in [-0.15, -0.1) is 0 Å². The molecule has 1 unspecified atom stereocenters. The van der Waals surface area contributed by atoms with Gasteiger partial charge < -0.3 is 14.5 Å². The molecule has 1 N–H and O–H groups in total. The molecule has 0 bridgehead atoms. The number of benzene rings is 2. The quantitative estimate of drug-likeness (QED) is 0.270. The molecule has 0 saturated heterocycles. The Hall–Kier alpha value is -3.96. The van der Waals surface area contributed by atoms with Crippen LogP contribution in [0.1, 0.15) is 65.2 Å². The second-order valence-corrected chi connectivity index (χ2v) is 19.1. The summed E-state index contributed by atoms with van der Waals surface area (Å²) in [6.07, 6.45) is 1.10. The van der Waals surface area contributed by atoms with E-state index in [-0.39, 0.29) is 11.0 Å². The number of carbonyl (C=O) groups is 1. The monoisotopic (exact) mass is 630 g/mol. The fraction of sp³-hybridized carbons (Fsp3) is 0.424. The second kappa shape index (κ2) is 11.9. The highest BCUT2D eigenvalue weighted by Gasteiger charge is 2.47. The first-order chi connectivity index (χ1) is 20.4. The summed E-state index contributed by atoms with van der Waals surface area (Å²) < 4.78 is 12.5. The van der Waals surface area contributed by atoms with E-state index in [1.165, 1.54) is 0 Å². The summed E-state index contributed by atoms with van der Waals surface area (Å²) in [4.78, 5) is 24.1. The van der Waals surface area contributed by atoms with Gasteiger partial charge in [0, 0.05) is 30.3 Å². The molecule has 1 aromatic heterocycles. The predicted octanol–water partition coefficient (Wildman–Crippen LogP) is 8.32. The number of rotatable bonds is 6. The summed E-state index contributed by atoms with van der Waals surface area (Å²) >= 11 is 6.35. The van der Waals surface area contributed by atoms with Gasteiger partial charge >= 0.3 is 6.09 Å². The van der Waals surface area contributed by atoms with E-state index in [1.54, 1.807) is 41.4 Å². The number of nitriles is 2. The molecule has 0 aliphatic carbocycles. The molecule has 2 aromatic carbocycles. The number of nitrogens with zero attached hydrogens (tertiary/aromatic N) is 5. The molecule has 1 atom stereocenters. The van der Waals surface area contributed by atoms with Crippen molar-refractivity contribution < 1.29 is 14.0 Å². The number of hydrogen-bond acceptors (Lipinski definition) is 8. The molecule has 44 heavy (non-hydrogen) atoms. The average molecular weight is 631 g/mol. The third-order valence-corrected chi connectivity index (χ3v) is 12.9. The number of ether oxygens (including phenoxy) is 1. The van der Waals surface area contributed by atoms with E-state index in [4.69, 9.17) is 25.7 Å². The molecular formula is C33H39ClN6O3Si. The lowest BCUT2D eigenvalue weighted by Crippen LogP contribution is -2.46. The highest BCUT2D eigenvalue weighted by atomic mass is 35.5. The average Bonchev–Trinajstić information content (AvgIpc) is 3.24. The SMILES string of the molecule is CC(C)(C)OC(=O)N1CC(C)(CO[Si](C)(C)C(C)(C)C)c2cc(-c3ccnc(Nc4cc(C#N)ccc4Cl)n3)cc(C#N)c21. The van der Waals surface area contributed by atoms with E-state index in [1.807, 2.05) is 26.8 Å². The lowest BCUT2D eigenvalue weighted by atomic mass is 9.83. The van der Waals surface area contributed by atoms with Crippen LogP contribution >= 0.6 is 11.6 Å². The van der Waals surface area contributed by atoms with Crippen LogP contribution in [0.4, 0.5) is 22.1 Å². The van der Waals surface area contributed by atoms with Crippen molar-refractivity contribution in [2.24, 2.45) is 0 Å². The molecule has 3 aromatic rings. The van der Waals surface area contributed by atoms with Gasteiger partial charge in [0.1, 0.15) is 11.7 Å². The van der Waals surface area contributed by atoms with E-state index in [9.17, 15) is 15.3 Å². The molecule has 1 amide bonds. The first-order valence-corrected chi connectivity index (χ1v) is 17.7. The number of anilines is 3. The predicted molar refractivity (Wildman–Crippen MR) is 176 cm³/mol. The minimum absolute atomic E-state index is 0.00464. The number of nitrogens with one attached hydrogen (secondary N) is 1. The van der Waals surface area contributed by atoms with E-state index < -0.39 is 25.4 Å². The smallest absolute Gasteiger partial charge is 0.414 e. The Labute approximate surface area is 265 Å². The van der Waals surface area contributed by atoms with Gasteiger partial charge in [-0.05, 0) is 80.9 Å². The summed E-state index contributed by atoms with van der Waals surface area (Å²) in [5, 5.41) is 23.1. The number of aromatic nitrogens is 2. The Morgan fingerprint density at radius 1 is 1.11 bits per heavy atom. The first-order valence-electron chi connectivity index (χ1n) is 14.4. The van der Waals surface area contributed by atoms with E-state index in [0.29, 0.717) is 51.9 Å². The van der Waals surface area contributed by atoms with Crippen molar-refractivity contribution in [3.63, 3.8) is 0 Å². The van der Waals surface area contributed by atoms with Crippen molar-refractivity contribution in [1.82, 2.24) is 9.97 Å².